The Bertz CT molecular complexity index is 1120. The molecule has 32 heavy (non-hydrogen) atoms. The maximum atomic E-state index is 12.7. The predicted molar refractivity (Wildman–Crippen MR) is 123 cm³/mol. The van der Waals surface area contributed by atoms with E-state index in [4.69, 9.17) is 4.74 Å². The summed E-state index contributed by atoms with van der Waals surface area (Å²) in [6.45, 7) is 1.27. The zero-order chi connectivity index (χ0) is 22.3. The second-order valence-electron chi connectivity index (χ2n) is 7.61. The van der Waals surface area contributed by atoms with E-state index in [1.54, 1.807) is 30.3 Å². The van der Waals surface area contributed by atoms with Crippen molar-refractivity contribution in [3.63, 3.8) is 0 Å². The van der Waals surface area contributed by atoms with E-state index < -0.39 is 0 Å². The van der Waals surface area contributed by atoms with Crippen LogP contribution in [-0.4, -0.2) is 43.5 Å². The minimum Gasteiger partial charge on any atom is -0.368 e. The minimum absolute atomic E-state index is 0.136. The lowest BCUT2D eigenvalue weighted by atomic mass is 10.0. The van der Waals surface area contributed by atoms with Crippen molar-refractivity contribution < 1.29 is 19.1 Å². The summed E-state index contributed by atoms with van der Waals surface area (Å²) in [5.41, 5.74) is 1.66. The Morgan fingerprint density at radius 1 is 0.844 bits per heavy atom. The molecule has 1 atom stereocenters. The van der Waals surface area contributed by atoms with E-state index in [1.807, 2.05) is 36.4 Å². The number of carbonyl (C=O) groups is 3. The maximum absolute atomic E-state index is 12.7. The van der Waals surface area contributed by atoms with Crippen molar-refractivity contribution in [3.8, 4) is 0 Å². The van der Waals surface area contributed by atoms with Gasteiger partial charge in [-0.15, -0.1) is 0 Å². The zero-order valence-electron chi connectivity index (χ0n) is 17.6. The van der Waals surface area contributed by atoms with Gasteiger partial charge in [-0.3, -0.25) is 14.4 Å². The maximum Gasteiger partial charge on any atom is 0.256 e. The molecule has 0 saturated carbocycles. The number of amides is 3. The summed E-state index contributed by atoms with van der Waals surface area (Å²) >= 11 is 0. The summed E-state index contributed by atoms with van der Waals surface area (Å²) in [4.78, 5) is 36.9. The van der Waals surface area contributed by atoms with Crippen LogP contribution in [0.4, 0.5) is 5.69 Å². The lowest BCUT2D eigenvalue weighted by Gasteiger charge is -2.11. The van der Waals surface area contributed by atoms with Crippen molar-refractivity contribution in [2.45, 2.75) is 18.9 Å². The Kier molecular flexibility index (Phi) is 6.77. The number of nitrogens with one attached hydrogen (secondary N) is 3. The molecule has 0 aliphatic carbocycles. The van der Waals surface area contributed by atoms with Gasteiger partial charge in [0, 0.05) is 36.5 Å². The highest BCUT2D eigenvalue weighted by Gasteiger charge is 2.22. The summed E-state index contributed by atoms with van der Waals surface area (Å²) in [7, 11) is 0. The first kappa shape index (κ1) is 21.5. The van der Waals surface area contributed by atoms with Crippen molar-refractivity contribution in [3.05, 3.63) is 77.9 Å². The van der Waals surface area contributed by atoms with Crippen molar-refractivity contribution in [2.75, 3.05) is 25.0 Å². The van der Waals surface area contributed by atoms with Gasteiger partial charge in [0.1, 0.15) is 6.10 Å². The molecule has 0 aromatic heterocycles. The summed E-state index contributed by atoms with van der Waals surface area (Å²) in [6.07, 6.45) is 1.26. The van der Waals surface area contributed by atoms with E-state index >= 15 is 0 Å². The third kappa shape index (κ3) is 5.12. The largest absolute Gasteiger partial charge is 0.368 e. The number of hydrogen-bond acceptors (Lipinski definition) is 4. The number of fused-ring (bicyclic) bond motifs is 1. The predicted octanol–water partition coefficient (Wildman–Crippen LogP) is 3.12. The number of anilines is 1. The third-order valence-corrected chi connectivity index (χ3v) is 5.37. The molecule has 1 aliphatic heterocycles. The van der Waals surface area contributed by atoms with Crippen molar-refractivity contribution in [1.82, 2.24) is 10.6 Å². The smallest absolute Gasteiger partial charge is 0.256 e. The molecule has 1 fully saturated rings. The molecule has 0 bridgehead atoms. The minimum atomic E-state index is -0.373. The van der Waals surface area contributed by atoms with Crippen LogP contribution in [0.3, 0.4) is 0 Å². The number of hydrogen-bond donors (Lipinski definition) is 3. The fourth-order valence-electron chi connectivity index (χ4n) is 3.69. The fraction of sp³-hybridized carbons (Fsp3) is 0.240. The summed E-state index contributed by atoms with van der Waals surface area (Å²) in [5, 5.41) is 10.3. The van der Waals surface area contributed by atoms with Gasteiger partial charge in [0.25, 0.3) is 11.8 Å². The third-order valence-electron chi connectivity index (χ3n) is 5.37. The van der Waals surface area contributed by atoms with Crippen LogP contribution in [-0.2, 0) is 9.53 Å². The monoisotopic (exact) mass is 431 g/mol. The second-order valence-corrected chi connectivity index (χ2v) is 7.61. The Morgan fingerprint density at radius 2 is 1.59 bits per heavy atom. The van der Waals surface area contributed by atoms with E-state index in [0.717, 1.165) is 23.6 Å². The number of rotatable bonds is 7. The molecule has 0 radical (unpaired) electrons. The Morgan fingerprint density at radius 3 is 2.38 bits per heavy atom. The molecule has 1 unspecified atom stereocenters. The summed E-state index contributed by atoms with van der Waals surface area (Å²) in [5.74, 6) is -0.590. The lowest BCUT2D eigenvalue weighted by molar-refractivity contribution is -0.129. The quantitative estimate of drug-likeness (QED) is 0.501. The molecule has 3 N–H and O–H groups in total. The van der Waals surface area contributed by atoms with E-state index in [-0.39, 0.29) is 23.8 Å². The van der Waals surface area contributed by atoms with Crippen LogP contribution in [0.1, 0.15) is 33.6 Å². The number of ether oxygens (including phenoxy) is 1. The van der Waals surface area contributed by atoms with Gasteiger partial charge in [-0.25, -0.2) is 0 Å². The summed E-state index contributed by atoms with van der Waals surface area (Å²) in [6, 6.07) is 20.0. The highest BCUT2D eigenvalue weighted by molar-refractivity contribution is 6.13. The first-order chi connectivity index (χ1) is 15.6. The SMILES string of the molecule is O=C(NCCNC(=O)C1CCCO1)c1ccc(NC(=O)c2cccc3ccccc23)cc1. The van der Waals surface area contributed by atoms with Crippen LogP contribution >= 0.6 is 0 Å². The Labute approximate surface area is 186 Å². The van der Waals surface area contributed by atoms with E-state index in [1.165, 1.54) is 0 Å². The summed E-state index contributed by atoms with van der Waals surface area (Å²) < 4.78 is 5.32. The van der Waals surface area contributed by atoms with Crippen LogP contribution in [0.2, 0.25) is 0 Å². The molecule has 3 aromatic rings. The van der Waals surface area contributed by atoms with Gasteiger partial charge in [0.15, 0.2) is 0 Å². The van der Waals surface area contributed by atoms with Crippen molar-refractivity contribution in [1.29, 1.82) is 0 Å². The fourth-order valence-corrected chi connectivity index (χ4v) is 3.69. The molecule has 1 aliphatic rings. The van der Waals surface area contributed by atoms with Crippen LogP contribution in [0.5, 0.6) is 0 Å². The van der Waals surface area contributed by atoms with Crippen molar-refractivity contribution in [2.24, 2.45) is 0 Å². The molecule has 7 nitrogen and oxygen atoms in total. The first-order valence-corrected chi connectivity index (χ1v) is 10.7. The molecular weight excluding hydrogens is 406 g/mol. The van der Waals surface area contributed by atoms with Gasteiger partial charge in [-0.1, -0.05) is 36.4 Å². The van der Waals surface area contributed by atoms with E-state index in [9.17, 15) is 14.4 Å². The molecular formula is C25H25N3O4. The lowest BCUT2D eigenvalue weighted by Crippen LogP contribution is -2.39. The molecule has 164 valence electrons. The average molecular weight is 431 g/mol. The molecule has 4 rings (SSSR count). The topological polar surface area (TPSA) is 96.5 Å². The van der Waals surface area contributed by atoms with Crippen LogP contribution < -0.4 is 16.0 Å². The first-order valence-electron chi connectivity index (χ1n) is 10.7. The number of benzene rings is 3. The molecule has 7 heteroatoms. The standard InChI is InChI=1S/C25H25N3O4/c29-23(26-14-15-27-25(31)22-9-4-16-32-22)18-10-12-19(13-11-18)28-24(30)21-8-3-6-17-5-1-2-7-20(17)21/h1-3,5-8,10-13,22H,4,9,14-16H2,(H,26,29)(H,27,31)(H,28,30). The van der Waals surface area contributed by atoms with E-state index in [2.05, 4.69) is 16.0 Å². The van der Waals surface area contributed by atoms with Crippen LogP contribution in [0, 0.1) is 0 Å². The second kappa shape index (κ2) is 10.1. The van der Waals surface area contributed by atoms with Gasteiger partial charge in [-0.2, -0.15) is 0 Å². The average Bonchev–Trinajstić information content (AvgIpc) is 3.37. The van der Waals surface area contributed by atoms with Gasteiger partial charge in [-0.05, 0) is 53.9 Å². The number of carbonyl (C=O) groups excluding carboxylic acids is 3. The van der Waals surface area contributed by atoms with Gasteiger partial charge in [0.2, 0.25) is 5.91 Å². The zero-order valence-corrected chi connectivity index (χ0v) is 17.6. The molecule has 1 saturated heterocycles. The van der Waals surface area contributed by atoms with E-state index in [0.29, 0.717) is 36.5 Å². The van der Waals surface area contributed by atoms with Gasteiger partial charge < -0.3 is 20.7 Å². The van der Waals surface area contributed by atoms with Crippen molar-refractivity contribution >= 4 is 34.2 Å². The Balaban J connectivity index is 1.28. The normalized spacial score (nSPS) is 15.3. The molecule has 3 aromatic carbocycles. The van der Waals surface area contributed by atoms with Crippen LogP contribution in [0.25, 0.3) is 10.8 Å². The molecule has 1 heterocycles. The molecule has 3 amide bonds. The van der Waals surface area contributed by atoms with Crippen LogP contribution in [0.15, 0.2) is 66.7 Å². The Hall–Kier alpha value is -3.71. The molecule has 0 spiro atoms. The highest BCUT2D eigenvalue weighted by Crippen LogP contribution is 2.20. The highest BCUT2D eigenvalue weighted by atomic mass is 16.5. The van der Waals surface area contributed by atoms with Gasteiger partial charge >= 0.3 is 0 Å². The van der Waals surface area contributed by atoms with Gasteiger partial charge in [0.05, 0.1) is 0 Å².